The molecule has 0 unspecified atom stereocenters. The molecule has 82 valence electrons. The molecule has 0 radical (unpaired) electrons. The molecular formula is C12H14FIO. The normalized spacial score (nSPS) is 10.0. The summed E-state index contributed by atoms with van der Waals surface area (Å²) in [6.45, 7) is 4.17. The molecule has 0 aliphatic rings. The second-order valence-electron chi connectivity index (χ2n) is 3.12. The van der Waals surface area contributed by atoms with Crippen molar-refractivity contribution >= 4 is 22.6 Å². The average molecular weight is 320 g/mol. The predicted molar refractivity (Wildman–Crippen MR) is 69.3 cm³/mol. The Morgan fingerprint density at radius 2 is 2.27 bits per heavy atom. The number of benzene rings is 1. The number of aryl methyl sites for hydroxylation is 1. The molecule has 0 aromatic heterocycles. The molecule has 0 atom stereocenters. The zero-order valence-electron chi connectivity index (χ0n) is 8.51. The van der Waals surface area contributed by atoms with Crippen molar-refractivity contribution in [2.24, 2.45) is 0 Å². The fourth-order valence-electron chi connectivity index (χ4n) is 1.22. The maximum absolute atomic E-state index is 13.0. The third-order valence-electron chi connectivity index (χ3n) is 1.97. The van der Waals surface area contributed by atoms with E-state index in [1.54, 1.807) is 12.1 Å². The Kier molecular flexibility index (Phi) is 5.68. The minimum absolute atomic E-state index is 0.249. The topological polar surface area (TPSA) is 9.23 Å². The van der Waals surface area contributed by atoms with Crippen molar-refractivity contribution in [2.45, 2.75) is 12.8 Å². The first-order chi connectivity index (χ1) is 7.27. The Morgan fingerprint density at radius 1 is 1.47 bits per heavy atom. The van der Waals surface area contributed by atoms with Gasteiger partial charge < -0.3 is 4.74 Å². The van der Waals surface area contributed by atoms with Crippen LogP contribution in [0.15, 0.2) is 30.9 Å². The Balaban J connectivity index is 2.72. The smallest absolute Gasteiger partial charge is 0.126 e. The van der Waals surface area contributed by atoms with Gasteiger partial charge in [-0.15, -0.1) is 6.58 Å². The fourth-order valence-corrected chi connectivity index (χ4v) is 1.80. The second-order valence-corrected chi connectivity index (χ2v) is 4.20. The summed E-state index contributed by atoms with van der Waals surface area (Å²) in [5.74, 6) is 0.411. The lowest BCUT2D eigenvalue weighted by Crippen LogP contribution is -2.00. The van der Waals surface area contributed by atoms with Crippen LogP contribution in [0.5, 0.6) is 5.75 Å². The van der Waals surface area contributed by atoms with Crippen molar-refractivity contribution in [1.29, 1.82) is 0 Å². The van der Waals surface area contributed by atoms with Gasteiger partial charge in [0.15, 0.2) is 0 Å². The summed E-state index contributed by atoms with van der Waals surface area (Å²) < 4.78 is 19.5. The van der Waals surface area contributed by atoms with E-state index in [-0.39, 0.29) is 5.82 Å². The highest BCUT2D eigenvalue weighted by Gasteiger charge is 2.04. The number of halogens is 2. The maximum atomic E-state index is 13.0. The monoisotopic (exact) mass is 320 g/mol. The van der Waals surface area contributed by atoms with Crippen LogP contribution in [-0.4, -0.2) is 11.0 Å². The van der Waals surface area contributed by atoms with Crippen molar-refractivity contribution in [3.05, 3.63) is 42.2 Å². The van der Waals surface area contributed by atoms with E-state index in [0.717, 1.165) is 22.8 Å². The van der Waals surface area contributed by atoms with Gasteiger partial charge in [-0.3, -0.25) is 0 Å². The van der Waals surface area contributed by atoms with Gasteiger partial charge in [-0.1, -0.05) is 34.7 Å². The van der Waals surface area contributed by atoms with E-state index in [4.69, 9.17) is 4.74 Å². The number of rotatable bonds is 6. The summed E-state index contributed by atoms with van der Waals surface area (Å²) >= 11 is 2.30. The molecule has 0 saturated carbocycles. The SMILES string of the molecule is C=CCCOc1cc(F)ccc1CCI. The van der Waals surface area contributed by atoms with Gasteiger partial charge in [0.05, 0.1) is 6.61 Å². The third-order valence-corrected chi connectivity index (χ3v) is 2.51. The van der Waals surface area contributed by atoms with Crippen LogP contribution in [0.2, 0.25) is 0 Å². The van der Waals surface area contributed by atoms with Crippen molar-refractivity contribution in [3.63, 3.8) is 0 Å². The van der Waals surface area contributed by atoms with Crippen LogP contribution in [-0.2, 0) is 6.42 Å². The molecule has 15 heavy (non-hydrogen) atoms. The van der Waals surface area contributed by atoms with Crippen LogP contribution in [0.3, 0.4) is 0 Å². The third kappa shape index (κ3) is 4.20. The summed E-state index contributed by atoms with van der Waals surface area (Å²) in [5, 5.41) is 0. The average Bonchev–Trinajstić information content (AvgIpc) is 2.22. The van der Waals surface area contributed by atoms with E-state index < -0.39 is 0 Å². The Bertz CT molecular complexity index is 325. The molecule has 1 rings (SSSR count). The first-order valence-electron chi connectivity index (χ1n) is 4.86. The van der Waals surface area contributed by atoms with Crippen LogP contribution in [0.25, 0.3) is 0 Å². The number of ether oxygens (including phenoxy) is 1. The molecule has 0 N–H and O–H groups in total. The van der Waals surface area contributed by atoms with Gasteiger partial charge in [-0.25, -0.2) is 4.39 Å². The lowest BCUT2D eigenvalue weighted by Gasteiger charge is -2.09. The van der Waals surface area contributed by atoms with Gasteiger partial charge in [-0.05, 0) is 24.5 Å². The van der Waals surface area contributed by atoms with E-state index in [1.165, 1.54) is 12.1 Å². The highest BCUT2D eigenvalue weighted by Crippen LogP contribution is 2.21. The summed E-state index contributed by atoms with van der Waals surface area (Å²) in [7, 11) is 0. The second kappa shape index (κ2) is 6.82. The fraction of sp³-hybridized carbons (Fsp3) is 0.333. The van der Waals surface area contributed by atoms with Crippen molar-refractivity contribution in [3.8, 4) is 5.75 Å². The quantitative estimate of drug-likeness (QED) is 0.336. The molecule has 1 aromatic rings. The largest absolute Gasteiger partial charge is 0.493 e. The molecule has 1 aromatic carbocycles. The van der Waals surface area contributed by atoms with Gasteiger partial charge in [0.25, 0.3) is 0 Å². The van der Waals surface area contributed by atoms with Crippen LogP contribution in [0.1, 0.15) is 12.0 Å². The highest BCUT2D eigenvalue weighted by atomic mass is 127. The molecule has 0 amide bonds. The summed E-state index contributed by atoms with van der Waals surface area (Å²) in [5.41, 5.74) is 1.06. The molecule has 0 saturated heterocycles. The van der Waals surface area contributed by atoms with Crippen LogP contribution >= 0.6 is 22.6 Å². The molecular weight excluding hydrogens is 306 g/mol. The van der Waals surface area contributed by atoms with E-state index in [2.05, 4.69) is 29.2 Å². The van der Waals surface area contributed by atoms with Gasteiger partial charge in [-0.2, -0.15) is 0 Å². The minimum Gasteiger partial charge on any atom is -0.493 e. The lowest BCUT2D eigenvalue weighted by atomic mass is 10.1. The zero-order chi connectivity index (χ0) is 11.1. The van der Waals surface area contributed by atoms with Crippen molar-refractivity contribution in [1.82, 2.24) is 0 Å². The van der Waals surface area contributed by atoms with Gasteiger partial charge in [0.1, 0.15) is 11.6 Å². The maximum Gasteiger partial charge on any atom is 0.126 e. The van der Waals surface area contributed by atoms with Crippen LogP contribution < -0.4 is 4.74 Å². The Morgan fingerprint density at radius 3 is 2.93 bits per heavy atom. The number of hydrogen-bond acceptors (Lipinski definition) is 1. The lowest BCUT2D eigenvalue weighted by molar-refractivity contribution is 0.320. The summed E-state index contributed by atoms with van der Waals surface area (Å²) in [4.78, 5) is 0. The number of hydrogen-bond donors (Lipinski definition) is 0. The predicted octanol–water partition coefficient (Wildman–Crippen LogP) is 3.76. The molecule has 1 nitrogen and oxygen atoms in total. The standard InChI is InChI=1S/C12H14FIO/c1-2-3-8-15-12-9-11(13)5-4-10(12)6-7-14/h2,4-5,9H,1,3,6-8H2. The minimum atomic E-state index is -0.249. The van der Waals surface area contributed by atoms with Crippen molar-refractivity contribution < 1.29 is 9.13 Å². The molecule has 0 aliphatic heterocycles. The molecule has 0 aliphatic carbocycles. The summed E-state index contributed by atoms with van der Waals surface area (Å²) in [6, 6.07) is 4.71. The van der Waals surface area contributed by atoms with E-state index in [0.29, 0.717) is 12.4 Å². The van der Waals surface area contributed by atoms with E-state index in [9.17, 15) is 4.39 Å². The molecule has 0 heterocycles. The molecule has 0 fully saturated rings. The van der Waals surface area contributed by atoms with Crippen LogP contribution in [0.4, 0.5) is 4.39 Å². The first-order valence-corrected chi connectivity index (χ1v) is 6.38. The number of alkyl halides is 1. The van der Waals surface area contributed by atoms with Crippen LogP contribution in [0, 0.1) is 5.82 Å². The zero-order valence-corrected chi connectivity index (χ0v) is 10.7. The van der Waals surface area contributed by atoms with Gasteiger partial charge >= 0.3 is 0 Å². The first kappa shape index (κ1) is 12.5. The van der Waals surface area contributed by atoms with E-state index in [1.807, 2.05) is 0 Å². The highest BCUT2D eigenvalue weighted by molar-refractivity contribution is 14.1. The Hall–Kier alpha value is -0.580. The molecule has 0 spiro atoms. The van der Waals surface area contributed by atoms with Gasteiger partial charge in [0.2, 0.25) is 0 Å². The molecule has 0 bridgehead atoms. The van der Waals surface area contributed by atoms with Crippen molar-refractivity contribution in [2.75, 3.05) is 11.0 Å². The Labute approximate surface area is 103 Å². The van der Waals surface area contributed by atoms with Gasteiger partial charge in [0, 0.05) is 10.5 Å². The molecule has 3 heteroatoms. The van der Waals surface area contributed by atoms with E-state index >= 15 is 0 Å². The summed E-state index contributed by atoms with van der Waals surface area (Å²) in [6.07, 6.45) is 3.47.